The van der Waals surface area contributed by atoms with E-state index in [9.17, 15) is 19.1 Å². The third-order valence-corrected chi connectivity index (χ3v) is 3.32. The van der Waals surface area contributed by atoms with Gasteiger partial charge in [-0.3, -0.25) is 14.3 Å². The Morgan fingerprint density at radius 3 is 2.74 bits per heavy atom. The molecule has 0 fully saturated rings. The molecule has 2 rings (SSSR count). The largest absolute Gasteiger partial charge is 0.396 e. The fourth-order valence-electron chi connectivity index (χ4n) is 2.14. The zero-order valence-corrected chi connectivity index (χ0v) is 10.3. The Morgan fingerprint density at radius 1 is 1.42 bits per heavy atom. The Hall–Kier alpha value is -1.73. The van der Waals surface area contributed by atoms with Gasteiger partial charge in [0.1, 0.15) is 0 Å². The molecule has 7 heteroatoms. The first-order chi connectivity index (χ1) is 8.95. The smallest absolute Gasteiger partial charge is 0.328 e. The van der Waals surface area contributed by atoms with Crippen LogP contribution in [0.15, 0.2) is 27.9 Å². The van der Waals surface area contributed by atoms with Crippen LogP contribution in [0, 0.1) is 12.8 Å². The number of aromatic amines is 1. The third-order valence-electron chi connectivity index (χ3n) is 3.32. The van der Waals surface area contributed by atoms with Crippen LogP contribution in [0.4, 0.5) is 4.39 Å². The second kappa shape index (κ2) is 5.10. The molecule has 3 N–H and O–H groups in total. The number of nitrogens with one attached hydrogen (secondary N) is 1. The second-order valence-electron chi connectivity index (χ2n) is 4.64. The monoisotopic (exact) mass is 270 g/mol. The topological polar surface area (TPSA) is 95.3 Å². The highest BCUT2D eigenvalue weighted by Gasteiger charge is 2.36. The minimum Gasteiger partial charge on any atom is -0.396 e. The van der Waals surface area contributed by atoms with Gasteiger partial charge in [0.15, 0.2) is 6.17 Å². The molecular formula is C12H15FN2O4. The molecule has 0 bridgehead atoms. The van der Waals surface area contributed by atoms with Crippen LogP contribution in [0.25, 0.3) is 0 Å². The van der Waals surface area contributed by atoms with E-state index in [1.54, 1.807) is 0 Å². The quantitative estimate of drug-likeness (QED) is 0.617. The van der Waals surface area contributed by atoms with Crippen molar-refractivity contribution < 1.29 is 14.6 Å². The molecule has 0 radical (unpaired) electrons. The van der Waals surface area contributed by atoms with E-state index in [1.165, 1.54) is 25.3 Å². The van der Waals surface area contributed by atoms with Gasteiger partial charge in [-0.25, -0.2) is 9.18 Å². The summed E-state index contributed by atoms with van der Waals surface area (Å²) >= 11 is 0. The molecule has 4 atom stereocenters. The Balaban J connectivity index is 2.46. The Labute approximate surface area is 107 Å². The van der Waals surface area contributed by atoms with Crippen molar-refractivity contribution in [1.29, 1.82) is 0 Å². The van der Waals surface area contributed by atoms with Crippen molar-refractivity contribution in [2.75, 3.05) is 6.61 Å². The SMILES string of the molecule is Cc1cn(C2C=CC(CO)C(O)C2F)c(=O)[nH]c1=O. The molecule has 0 amide bonds. The van der Waals surface area contributed by atoms with Gasteiger partial charge in [-0.1, -0.05) is 12.2 Å². The van der Waals surface area contributed by atoms with Gasteiger partial charge < -0.3 is 10.2 Å². The number of aromatic nitrogens is 2. The van der Waals surface area contributed by atoms with E-state index < -0.39 is 35.5 Å². The molecular weight excluding hydrogens is 255 g/mol. The number of allylic oxidation sites excluding steroid dienone is 1. The van der Waals surface area contributed by atoms with Crippen LogP contribution in [-0.2, 0) is 0 Å². The van der Waals surface area contributed by atoms with Gasteiger partial charge in [0.2, 0.25) is 0 Å². The van der Waals surface area contributed by atoms with Gasteiger partial charge in [-0.2, -0.15) is 0 Å². The summed E-state index contributed by atoms with van der Waals surface area (Å²) in [4.78, 5) is 25.0. The van der Waals surface area contributed by atoms with Gasteiger partial charge in [-0.05, 0) is 6.92 Å². The molecule has 6 nitrogen and oxygen atoms in total. The van der Waals surface area contributed by atoms with Gasteiger partial charge in [0.25, 0.3) is 5.56 Å². The van der Waals surface area contributed by atoms with Crippen molar-refractivity contribution in [2.45, 2.75) is 25.2 Å². The molecule has 1 aliphatic rings. The third kappa shape index (κ3) is 2.39. The average molecular weight is 270 g/mol. The zero-order chi connectivity index (χ0) is 14.2. The predicted octanol–water partition coefficient (Wildman–Crippen LogP) is -0.737. The van der Waals surface area contributed by atoms with Gasteiger partial charge in [0, 0.05) is 17.7 Å². The van der Waals surface area contributed by atoms with Crippen molar-refractivity contribution in [3.05, 3.63) is 44.8 Å². The zero-order valence-electron chi connectivity index (χ0n) is 10.3. The number of aliphatic hydroxyl groups excluding tert-OH is 2. The number of nitrogens with zero attached hydrogens (tertiary/aromatic N) is 1. The van der Waals surface area contributed by atoms with Crippen molar-refractivity contribution in [3.63, 3.8) is 0 Å². The summed E-state index contributed by atoms with van der Waals surface area (Å²) in [6, 6.07) is -0.999. The number of halogens is 1. The van der Waals surface area contributed by atoms with E-state index in [1.807, 2.05) is 0 Å². The summed E-state index contributed by atoms with van der Waals surface area (Å²) in [5, 5.41) is 18.7. The lowest BCUT2D eigenvalue weighted by Gasteiger charge is -2.31. The molecule has 4 unspecified atom stereocenters. The van der Waals surface area contributed by atoms with E-state index in [2.05, 4.69) is 4.98 Å². The number of rotatable bonds is 2. The Kier molecular flexibility index (Phi) is 3.68. The first kappa shape index (κ1) is 13.7. The van der Waals surface area contributed by atoms with Crippen LogP contribution in [-0.4, -0.2) is 38.6 Å². The van der Waals surface area contributed by atoms with Crippen LogP contribution in [0.5, 0.6) is 0 Å². The Bertz CT molecular complexity index is 606. The number of aryl methyl sites for hydroxylation is 1. The number of H-pyrrole nitrogens is 1. The number of alkyl halides is 1. The first-order valence-electron chi connectivity index (χ1n) is 5.89. The molecule has 0 spiro atoms. The molecule has 1 heterocycles. The summed E-state index contributed by atoms with van der Waals surface area (Å²) in [7, 11) is 0. The summed E-state index contributed by atoms with van der Waals surface area (Å²) < 4.78 is 15.1. The highest BCUT2D eigenvalue weighted by Crippen LogP contribution is 2.28. The molecule has 0 aromatic carbocycles. The summed E-state index contributed by atoms with van der Waals surface area (Å²) in [6.45, 7) is 1.13. The van der Waals surface area contributed by atoms with Crippen molar-refractivity contribution in [3.8, 4) is 0 Å². The molecule has 1 aromatic rings. The van der Waals surface area contributed by atoms with Crippen LogP contribution < -0.4 is 11.2 Å². The van der Waals surface area contributed by atoms with Gasteiger partial charge >= 0.3 is 5.69 Å². The number of hydrogen-bond donors (Lipinski definition) is 3. The lowest BCUT2D eigenvalue weighted by atomic mass is 9.88. The lowest BCUT2D eigenvalue weighted by Crippen LogP contribution is -2.44. The summed E-state index contributed by atoms with van der Waals surface area (Å²) in [5.74, 6) is -0.689. The van der Waals surface area contributed by atoms with E-state index in [0.29, 0.717) is 0 Å². The maximum Gasteiger partial charge on any atom is 0.328 e. The molecule has 0 saturated carbocycles. The fourth-order valence-corrected chi connectivity index (χ4v) is 2.14. The maximum absolute atomic E-state index is 14.1. The van der Waals surface area contributed by atoms with Gasteiger partial charge in [0.05, 0.1) is 18.8 Å². The normalized spacial score (nSPS) is 30.5. The lowest BCUT2D eigenvalue weighted by molar-refractivity contribution is 0.000973. The molecule has 19 heavy (non-hydrogen) atoms. The van der Waals surface area contributed by atoms with Crippen LogP contribution >= 0.6 is 0 Å². The highest BCUT2D eigenvalue weighted by molar-refractivity contribution is 5.12. The minimum atomic E-state index is -1.73. The van der Waals surface area contributed by atoms with Gasteiger partial charge in [-0.15, -0.1) is 0 Å². The first-order valence-corrected chi connectivity index (χ1v) is 5.89. The number of aliphatic hydroxyl groups is 2. The fraction of sp³-hybridized carbons (Fsp3) is 0.500. The van der Waals surface area contributed by atoms with Crippen LogP contribution in [0.1, 0.15) is 11.6 Å². The minimum absolute atomic E-state index is 0.277. The Morgan fingerprint density at radius 2 is 2.11 bits per heavy atom. The standard InChI is InChI=1S/C12H15FN2O4/c1-6-4-15(12(19)14-11(6)18)8-3-2-7(5-16)10(17)9(8)13/h2-4,7-10,16-17H,5H2,1H3,(H,14,18,19). The average Bonchev–Trinajstić information content (AvgIpc) is 2.37. The number of hydrogen-bond acceptors (Lipinski definition) is 4. The van der Waals surface area contributed by atoms with Crippen LogP contribution in [0.3, 0.4) is 0 Å². The van der Waals surface area contributed by atoms with Crippen LogP contribution in [0.2, 0.25) is 0 Å². The molecule has 1 aliphatic carbocycles. The molecule has 104 valence electrons. The van der Waals surface area contributed by atoms with Crippen molar-refractivity contribution >= 4 is 0 Å². The van der Waals surface area contributed by atoms with E-state index in [4.69, 9.17) is 5.11 Å². The molecule has 1 aromatic heterocycles. The second-order valence-corrected chi connectivity index (χ2v) is 4.64. The van der Waals surface area contributed by atoms with Crippen molar-refractivity contribution in [1.82, 2.24) is 9.55 Å². The predicted molar refractivity (Wildman–Crippen MR) is 65.7 cm³/mol. The molecule has 0 saturated heterocycles. The van der Waals surface area contributed by atoms with E-state index >= 15 is 0 Å². The maximum atomic E-state index is 14.1. The summed E-state index contributed by atoms with van der Waals surface area (Å²) in [5.41, 5.74) is -0.980. The van der Waals surface area contributed by atoms with E-state index in [0.717, 1.165) is 4.57 Å². The summed E-state index contributed by atoms with van der Waals surface area (Å²) in [6.07, 6.45) is 1.02. The van der Waals surface area contributed by atoms with E-state index in [-0.39, 0.29) is 12.2 Å². The van der Waals surface area contributed by atoms with Crippen molar-refractivity contribution in [2.24, 2.45) is 5.92 Å². The highest BCUT2D eigenvalue weighted by atomic mass is 19.1. The molecule has 0 aliphatic heterocycles.